The van der Waals surface area contributed by atoms with E-state index in [0.717, 1.165) is 5.56 Å². The number of amides is 2. The highest BCUT2D eigenvalue weighted by Gasteiger charge is 2.19. The lowest BCUT2D eigenvalue weighted by atomic mass is 10.2. The Labute approximate surface area is 148 Å². The molecule has 1 atom stereocenters. The molecule has 132 valence electrons. The highest BCUT2D eigenvalue weighted by atomic mass is 16.5. The predicted octanol–water partition coefficient (Wildman–Crippen LogP) is 4.14. The SMILES string of the molecule is CCC(=O)Nc1ccc(NC(=O)C(CC)Oc2ccccc2C)cc1. The average molecular weight is 340 g/mol. The first kappa shape index (κ1) is 18.5. The number of ether oxygens (including phenoxy) is 1. The summed E-state index contributed by atoms with van der Waals surface area (Å²) in [6.07, 6.45) is 0.415. The van der Waals surface area contributed by atoms with Gasteiger partial charge < -0.3 is 15.4 Å². The van der Waals surface area contributed by atoms with Crippen LogP contribution < -0.4 is 15.4 Å². The Bertz CT molecular complexity index is 726. The van der Waals surface area contributed by atoms with Crippen molar-refractivity contribution in [3.05, 3.63) is 54.1 Å². The van der Waals surface area contributed by atoms with Crippen molar-refractivity contribution < 1.29 is 14.3 Å². The largest absolute Gasteiger partial charge is 0.480 e. The number of aryl methyl sites for hydroxylation is 1. The molecule has 0 aliphatic carbocycles. The highest BCUT2D eigenvalue weighted by molar-refractivity contribution is 5.95. The van der Waals surface area contributed by atoms with Gasteiger partial charge in [0.2, 0.25) is 5.91 Å². The molecular weight excluding hydrogens is 316 g/mol. The Kier molecular flexibility index (Phi) is 6.57. The zero-order valence-corrected chi connectivity index (χ0v) is 14.8. The molecule has 2 rings (SSSR count). The fourth-order valence-corrected chi connectivity index (χ4v) is 2.27. The maximum Gasteiger partial charge on any atom is 0.265 e. The van der Waals surface area contributed by atoms with Gasteiger partial charge in [0.25, 0.3) is 5.91 Å². The van der Waals surface area contributed by atoms with Gasteiger partial charge in [0, 0.05) is 17.8 Å². The van der Waals surface area contributed by atoms with Crippen LogP contribution in [0.15, 0.2) is 48.5 Å². The smallest absolute Gasteiger partial charge is 0.265 e. The van der Waals surface area contributed by atoms with Crippen molar-refractivity contribution in [2.45, 2.75) is 39.7 Å². The molecule has 0 spiro atoms. The standard InChI is InChI=1S/C20H24N2O3/c1-4-17(25-18-9-7-6-8-14(18)3)20(24)22-16-12-10-15(11-13-16)21-19(23)5-2/h6-13,17H,4-5H2,1-3H3,(H,21,23)(H,22,24). The third kappa shape index (κ3) is 5.35. The van der Waals surface area contributed by atoms with Crippen molar-refractivity contribution >= 4 is 23.2 Å². The molecule has 2 N–H and O–H groups in total. The number of nitrogens with one attached hydrogen (secondary N) is 2. The van der Waals surface area contributed by atoms with Gasteiger partial charge in [-0.05, 0) is 49.2 Å². The first-order valence-corrected chi connectivity index (χ1v) is 8.46. The molecule has 0 aliphatic heterocycles. The van der Waals surface area contributed by atoms with Crippen molar-refractivity contribution in [2.24, 2.45) is 0 Å². The van der Waals surface area contributed by atoms with Crippen molar-refractivity contribution in [3.8, 4) is 5.75 Å². The zero-order chi connectivity index (χ0) is 18.2. The molecule has 0 fully saturated rings. The van der Waals surface area contributed by atoms with E-state index >= 15 is 0 Å². The fourth-order valence-electron chi connectivity index (χ4n) is 2.27. The van der Waals surface area contributed by atoms with Crippen molar-refractivity contribution in [2.75, 3.05) is 10.6 Å². The predicted molar refractivity (Wildman–Crippen MR) is 99.9 cm³/mol. The summed E-state index contributed by atoms with van der Waals surface area (Å²) in [5.74, 6) is 0.465. The van der Waals surface area contributed by atoms with E-state index in [1.807, 2.05) is 38.1 Å². The molecule has 0 aromatic heterocycles. The Balaban J connectivity index is 1.99. The zero-order valence-electron chi connectivity index (χ0n) is 14.8. The van der Waals surface area contributed by atoms with E-state index in [2.05, 4.69) is 10.6 Å². The Morgan fingerprint density at radius 2 is 1.56 bits per heavy atom. The highest BCUT2D eigenvalue weighted by Crippen LogP contribution is 2.20. The van der Waals surface area contributed by atoms with Crippen LogP contribution in [-0.4, -0.2) is 17.9 Å². The fraction of sp³-hybridized carbons (Fsp3) is 0.300. The van der Waals surface area contributed by atoms with Crippen LogP contribution in [0.1, 0.15) is 32.3 Å². The lowest BCUT2D eigenvalue weighted by Gasteiger charge is -2.18. The number of hydrogen-bond acceptors (Lipinski definition) is 3. The summed E-state index contributed by atoms with van der Waals surface area (Å²) in [5.41, 5.74) is 2.35. The van der Waals surface area contributed by atoms with Gasteiger partial charge in [0.15, 0.2) is 6.10 Å². The summed E-state index contributed by atoms with van der Waals surface area (Å²) in [4.78, 5) is 23.8. The monoisotopic (exact) mass is 340 g/mol. The molecule has 0 saturated carbocycles. The van der Waals surface area contributed by atoms with E-state index in [1.165, 1.54) is 0 Å². The van der Waals surface area contributed by atoms with Crippen LogP contribution >= 0.6 is 0 Å². The second-order valence-electron chi connectivity index (χ2n) is 5.75. The number of hydrogen-bond donors (Lipinski definition) is 2. The molecule has 25 heavy (non-hydrogen) atoms. The Morgan fingerprint density at radius 1 is 0.960 bits per heavy atom. The molecule has 0 heterocycles. The maximum absolute atomic E-state index is 12.5. The molecule has 5 heteroatoms. The van der Waals surface area contributed by atoms with Crippen LogP contribution in [-0.2, 0) is 9.59 Å². The van der Waals surface area contributed by atoms with E-state index in [9.17, 15) is 9.59 Å². The van der Waals surface area contributed by atoms with Gasteiger partial charge in [-0.25, -0.2) is 0 Å². The van der Waals surface area contributed by atoms with E-state index in [4.69, 9.17) is 4.74 Å². The molecule has 2 amide bonds. The van der Waals surface area contributed by atoms with Gasteiger partial charge in [-0.3, -0.25) is 9.59 Å². The number of carbonyl (C=O) groups is 2. The average Bonchev–Trinajstić information content (AvgIpc) is 2.62. The minimum atomic E-state index is -0.569. The van der Waals surface area contributed by atoms with Crippen molar-refractivity contribution in [3.63, 3.8) is 0 Å². The summed E-state index contributed by atoms with van der Waals surface area (Å²) < 4.78 is 5.85. The van der Waals surface area contributed by atoms with Gasteiger partial charge in [0.1, 0.15) is 5.75 Å². The van der Waals surface area contributed by atoms with Crippen LogP contribution in [0.2, 0.25) is 0 Å². The van der Waals surface area contributed by atoms with E-state index in [0.29, 0.717) is 30.0 Å². The van der Waals surface area contributed by atoms with Crippen LogP contribution in [0.25, 0.3) is 0 Å². The second kappa shape index (κ2) is 8.87. The van der Waals surface area contributed by atoms with Crippen LogP contribution in [0.4, 0.5) is 11.4 Å². The molecular formula is C20H24N2O3. The van der Waals surface area contributed by atoms with Gasteiger partial charge in [-0.15, -0.1) is 0 Å². The lowest BCUT2D eigenvalue weighted by Crippen LogP contribution is -2.32. The summed E-state index contributed by atoms with van der Waals surface area (Å²) in [6.45, 7) is 5.65. The summed E-state index contributed by atoms with van der Waals surface area (Å²) in [6, 6.07) is 14.6. The first-order chi connectivity index (χ1) is 12.0. The number of carbonyl (C=O) groups excluding carboxylic acids is 2. The molecule has 2 aromatic rings. The molecule has 1 unspecified atom stereocenters. The molecule has 2 aromatic carbocycles. The number of benzene rings is 2. The summed E-state index contributed by atoms with van der Waals surface area (Å²) in [5, 5.41) is 5.62. The second-order valence-corrected chi connectivity index (χ2v) is 5.75. The lowest BCUT2D eigenvalue weighted by molar-refractivity contribution is -0.122. The Morgan fingerprint density at radius 3 is 2.12 bits per heavy atom. The molecule has 0 bridgehead atoms. The topological polar surface area (TPSA) is 67.4 Å². The Hall–Kier alpha value is -2.82. The van der Waals surface area contributed by atoms with Crippen LogP contribution in [0.5, 0.6) is 5.75 Å². The van der Waals surface area contributed by atoms with Gasteiger partial charge >= 0.3 is 0 Å². The third-order valence-corrected chi connectivity index (χ3v) is 3.78. The van der Waals surface area contributed by atoms with Gasteiger partial charge in [0.05, 0.1) is 0 Å². The number of rotatable bonds is 7. The van der Waals surface area contributed by atoms with Crippen molar-refractivity contribution in [1.29, 1.82) is 0 Å². The summed E-state index contributed by atoms with van der Waals surface area (Å²) in [7, 11) is 0. The summed E-state index contributed by atoms with van der Waals surface area (Å²) >= 11 is 0. The van der Waals surface area contributed by atoms with Gasteiger partial charge in [-0.2, -0.15) is 0 Å². The normalized spacial score (nSPS) is 11.5. The first-order valence-electron chi connectivity index (χ1n) is 8.46. The molecule has 5 nitrogen and oxygen atoms in total. The van der Waals surface area contributed by atoms with Crippen molar-refractivity contribution in [1.82, 2.24) is 0 Å². The van der Waals surface area contributed by atoms with E-state index < -0.39 is 6.10 Å². The minimum absolute atomic E-state index is 0.0468. The third-order valence-electron chi connectivity index (χ3n) is 3.78. The van der Waals surface area contributed by atoms with Crippen LogP contribution in [0.3, 0.4) is 0 Å². The van der Waals surface area contributed by atoms with Crippen LogP contribution in [0, 0.1) is 6.92 Å². The quantitative estimate of drug-likeness (QED) is 0.796. The molecule has 0 saturated heterocycles. The molecule has 0 aliphatic rings. The maximum atomic E-state index is 12.5. The van der Waals surface area contributed by atoms with Gasteiger partial charge in [-0.1, -0.05) is 32.0 Å². The molecule has 0 radical (unpaired) electrons. The number of anilines is 2. The number of para-hydroxylation sites is 1. The van der Waals surface area contributed by atoms with E-state index in [-0.39, 0.29) is 11.8 Å². The minimum Gasteiger partial charge on any atom is -0.480 e. The van der Waals surface area contributed by atoms with E-state index in [1.54, 1.807) is 31.2 Å².